The lowest BCUT2D eigenvalue weighted by Gasteiger charge is -2.17. The predicted molar refractivity (Wildman–Crippen MR) is 53.2 cm³/mol. The molecule has 2 unspecified atom stereocenters. The van der Waals surface area contributed by atoms with E-state index in [1.54, 1.807) is 19.9 Å². The first-order valence-corrected chi connectivity index (χ1v) is 4.69. The molecule has 1 N–H and O–H groups in total. The van der Waals surface area contributed by atoms with Gasteiger partial charge in [-0.1, -0.05) is 17.7 Å². The average molecular weight is 219 g/mol. The number of benzene rings is 1. The van der Waals surface area contributed by atoms with Crippen LogP contribution in [0.1, 0.15) is 13.8 Å². The minimum Gasteiger partial charge on any atom is -0.485 e. The lowest BCUT2D eigenvalue weighted by atomic mass is 10.2. The summed E-state index contributed by atoms with van der Waals surface area (Å²) in [7, 11) is 0. The van der Waals surface area contributed by atoms with E-state index in [9.17, 15) is 4.39 Å². The first-order valence-electron chi connectivity index (χ1n) is 4.31. The Morgan fingerprint density at radius 3 is 2.64 bits per heavy atom. The lowest BCUT2D eigenvalue weighted by Crippen LogP contribution is -2.25. The van der Waals surface area contributed by atoms with E-state index < -0.39 is 18.0 Å². The summed E-state index contributed by atoms with van der Waals surface area (Å²) in [5, 5.41) is 9.18. The van der Waals surface area contributed by atoms with E-state index in [1.807, 2.05) is 0 Å². The summed E-state index contributed by atoms with van der Waals surface area (Å²) >= 11 is 5.56. The molecular formula is C10H12ClFO2. The molecule has 0 aliphatic carbocycles. The average Bonchev–Trinajstić information content (AvgIpc) is 2.12. The summed E-state index contributed by atoms with van der Waals surface area (Å²) in [6, 6.07) is 4.51. The van der Waals surface area contributed by atoms with Crippen molar-refractivity contribution < 1.29 is 14.2 Å². The molecule has 0 aromatic heterocycles. The van der Waals surface area contributed by atoms with Gasteiger partial charge in [0.2, 0.25) is 0 Å². The van der Waals surface area contributed by atoms with Gasteiger partial charge in [0.1, 0.15) is 6.10 Å². The number of ether oxygens (including phenoxy) is 1. The Morgan fingerprint density at radius 1 is 1.43 bits per heavy atom. The molecule has 0 bridgehead atoms. The quantitative estimate of drug-likeness (QED) is 0.845. The largest absolute Gasteiger partial charge is 0.485 e. The van der Waals surface area contributed by atoms with Gasteiger partial charge in [0.25, 0.3) is 0 Å². The number of halogens is 2. The van der Waals surface area contributed by atoms with Crippen LogP contribution in [0.4, 0.5) is 4.39 Å². The Kier molecular flexibility index (Phi) is 3.72. The minimum atomic E-state index is -0.659. The monoisotopic (exact) mass is 218 g/mol. The second-order valence-electron chi connectivity index (χ2n) is 3.12. The van der Waals surface area contributed by atoms with Crippen molar-refractivity contribution in [3.63, 3.8) is 0 Å². The summed E-state index contributed by atoms with van der Waals surface area (Å²) in [5.41, 5.74) is 0. The maximum absolute atomic E-state index is 13.3. The van der Waals surface area contributed by atoms with E-state index in [2.05, 4.69) is 0 Å². The first-order chi connectivity index (χ1) is 6.52. The maximum Gasteiger partial charge on any atom is 0.183 e. The molecule has 0 saturated heterocycles. The van der Waals surface area contributed by atoms with Crippen LogP contribution in [0.25, 0.3) is 0 Å². The van der Waals surface area contributed by atoms with Crippen LogP contribution >= 0.6 is 11.6 Å². The topological polar surface area (TPSA) is 29.5 Å². The zero-order valence-corrected chi connectivity index (χ0v) is 8.75. The second-order valence-corrected chi connectivity index (χ2v) is 3.52. The summed E-state index contributed by atoms with van der Waals surface area (Å²) in [5.74, 6) is -0.535. The van der Waals surface area contributed by atoms with Gasteiger partial charge in [0.15, 0.2) is 11.6 Å². The van der Waals surface area contributed by atoms with E-state index in [0.29, 0.717) is 0 Å². The molecule has 4 heteroatoms. The zero-order valence-electron chi connectivity index (χ0n) is 8.00. The van der Waals surface area contributed by atoms with Crippen molar-refractivity contribution >= 4 is 11.6 Å². The molecule has 0 saturated carbocycles. The minimum absolute atomic E-state index is 0.0142. The van der Waals surface area contributed by atoms with E-state index in [0.717, 1.165) is 0 Å². The molecule has 0 fully saturated rings. The molecule has 0 amide bonds. The van der Waals surface area contributed by atoms with Gasteiger partial charge in [-0.2, -0.15) is 0 Å². The van der Waals surface area contributed by atoms with Crippen molar-refractivity contribution in [2.45, 2.75) is 26.1 Å². The highest BCUT2D eigenvalue weighted by Gasteiger charge is 2.14. The molecule has 78 valence electrons. The third-order valence-electron chi connectivity index (χ3n) is 1.91. The van der Waals surface area contributed by atoms with Gasteiger partial charge in [-0.25, -0.2) is 4.39 Å². The van der Waals surface area contributed by atoms with Gasteiger partial charge in [0.05, 0.1) is 11.1 Å². The standard InChI is InChI=1S/C10H12ClFO2/c1-6(13)7(2)14-9-5-3-4-8(11)10(9)12/h3-7,13H,1-2H3. The van der Waals surface area contributed by atoms with Crippen LogP contribution in [-0.4, -0.2) is 17.3 Å². The fraction of sp³-hybridized carbons (Fsp3) is 0.400. The Morgan fingerprint density at radius 2 is 2.07 bits per heavy atom. The number of aliphatic hydroxyl groups excluding tert-OH is 1. The van der Waals surface area contributed by atoms with Gasteiger partial charge in [0, 0.05) is 0 Å². The molecule has 2 nitrogen and oxygen atoms in total. The zero-order chi connectivity index (χ0) is 10.7. The molecule has 2 atom stereocenters. The van der Waals surface area contributed by atoms with Gasteiger partial charge in [-0.3, -0.25) is 0 Å². The highest BCUT2D eigenvalue weighted by atomic mass is 35.5. The molecule has 14 heavy (non-hydrogen) atoms. The van der Waals surface area contributed by atoms with Gasteiger partial charge >= 0.3 is 0 Å². The van der Waals surface area contributed by atoms with E-state index >= 15 is 0 Å². The van der Waals surface area contributed by atoms with Crippen molar-refractivity contribution in [2.24, 2.45) is 0 Å². The smallest absolute Gasteiger partial charge is 0.183 e. The molecule has 1 aromatic rings. The van der Waals surface area contributed by atoms with Crippen LogP contribution in [0.15, 0.2) is 18.2 Å². The van der Waals surface area contributed by atoms with Crippen LogP contribution in [0.3, 0.4) is 0 Å². The second kappa shape index (κ2) is 4.62. The van der Waals surface area contributed by atoms with Crippen LogP contribution in [0, 0.1) is 5.82 Å². The van der Waals surface area contributed by atoms with Crippen LogP contribution < -0.4 is 4.74 Å². The number of aliphatic hydroxyl groups is 1. The van der Waals surface area contributed by atoms with Crippen LogP contribution in [-0.2, 0) is 0 Å². The molecule has 0 radical (unpaired) electrons. The van der Waals surface area contributed by atoms with Gasteiger partial charge in [-0.05, 0) is 26.0 Å². The van der Waals surface area contributed by atoms with Gasteiger partial charge < -0.3 is 9.84 Å². The third kappa shape index (κ3) is 2.59. The Labute approximate surface area is 87.3 Å². The molecule has 0 aliphatic heterocycles. The number of hydrogen-bond acceptors (Lipinski definition) is 2. The third-order valence-corrected chi connectivity index (χ3v) is 2.20. The van der Waals surface area contributed by atoms with E-state index in [1.165, 1.54) is 12.1 Å². The number of hydrogen-bond donors (Lipinski definition) is 1. The Bertz CT molecular complexity index is 315. The highest BCUT2D eigenvalue weighted by Crippen LogP contribution is 2.25. The molecule has 1 rings (SSSR count). The molecule has 0 spiro atoms. The predicted octanol–water partition coefficient (Wildman–Crippen LogP) is 2.63. The lowest BCUT2D eigenvalue weighted by molar-refractivity contribution is 0.0579. The molecular weight excluding hydrogens is 207 g/mol. The first kappa shape index (κ1) is 11.3. The SMILES string of the molecule is CC(O)C(C)Oc1cccc(Cl)c1F. The summed E-state index contributed by atoms with van der Waals surface area (Å²) in [6.07, 6.45) is -1.13. The van der Waals surface area contributed by atoms with E-state index in [4.69, 9.17) is 21.4 Å². The fourth-order valence-corrected chi connectivity index (χ4v) is 1.04. The van der Waals surface area contributed by atoms with Crippen molar-refractivity contribution in [1.82, 2.24) is 0 Å². The molecule has 0 heterocycles. The normalized spacial score (nSPS) is 14.9. The Hall–Kier alpha value is -0.800. The molecule has 1 aromatic carbocycles. The van der Waals surface area contributed by atoms with Crippen molar-refractivity contribution in [1.29, 1.82) is 0 Å². The van der Waals surface area contributed by atoms with Crippen LogP contribution in [0.2, 0.25) is 5.02 Å². The van der Waals surface area contributed by atoms with Crippen molar-refractivity contribution in [3.05, 3.63) is 29.0 Å². The van der Waals surface area contributed by atoms with Crippen molar-refractivity contribution in [3.8, 4) is 5.75 Å². The summed E-state index contributed by atoms with van der Waals surface area (Å²) in [4.78, 5) is 0. The fourth-order valence-electron chi connectivity index (χ4n) is 0.874. The molecule has 0 aliphatic rings. The van der Waals surface area contributed by atoms with Crippen molar-refractivity contribution in [2.75, 3.05) is 0 Å². The highest BCUT2D eigenvalue weighted by molar-refractivity contribution is 6.30. The number of rotatable bonds is 3. The maximum atomic E-state index is 13.3. The van der Waals surface area contributed by atoms with Crippen LogP contribution in [0.5, 0.6) is 5.75 Å². The Balaban J connectivity index is 2.82. The van der Waals surface area contributed by atoms with E-state index in [-0.39, 0.29) is 10.8 Å². The summed E-state index contributed by atoms with van der Waals surface area (Å²) < 4.78 is 18.5. The summed E-state index contributed by atoms with van der Waals surface area (Å²) in [6.45, 7) is 3.23. The van der Waals surface area contributed by atoms with Gasteiger partial charge in [-0.15, -0.1) is 0 Å².